The van der Waals surface area contributed by atoms with Crippen LogP contribution in [0.15, 0.2) is 53.4 Å². The Bertz CT molecular complexity index is 1030. The van der Waals surface area contributed by atoms with Gasteiger partial charge < -0.3 is 15.4 Å². The average Bonchev–Trinajstić information content (AvgIpc) is 2.79. The number of benzene rings is 2. The molecule has 2 aromatic carbocycles. The lowest BCUT2D eigenvalue weighted by molar-refractivity contribution is -0.123. The minimum absolute atomic E-state index is 0.103. The molecule has 1 aliphatic rings. The lowest BCUT2D eigenvalue weighted by atomic mass is 9.96. The van der Waals surface area contributed by atoms with E-state index in [9.17, 15) is 18.0 Å². The molecular formula is C22H27N3O5S. The third-order valence-electron chi connectivity index (χ3n) is 5.56. The summed E-state index contributed by atoms with van der Waals surface area (Å²) in [5.41, 5.74) is 6.64. The van der Waals surface area contributed by atoms with Gasteiger partial charge in [0.2, 0.25) is 15.9 Å². The van der Waals surface area contributed by atoms with Crippen molar-refractivity contribution >= 4 is 21.8 Å². The van der Waals surface area contributed by atoms with Crippen LogP contribution in [0.4, 0.5) is 0 Å². The summed E-state index contributed by atoms with van der Waals surface area (Å²) >= 11 is 0. The lowest BCUT2D eigenvalue weighted by Crippen LogP contribution is -2.41. The van der Waals surface area contributed by atoms with Crippen molar-refractivity contribution in [3.63, 3.8) is 0 Å². The molecule has 1 fully saturated rings. The second kappa shape index (κ2) is 9.49. The molecule has 2 N–H and O–H groups in total. The molecule has 31 heavy (non-hydrogen) atoms. The smallest absolute Gasteiger partial charge is 0.253 e. The first kappa shape index (κ1) is 22.8. The van der Waals surface area contributed by atoms with Crippen molar-refractivity contribution in [1.82, 2.24) is 9.21 Å². The molecule has 9 heteroatoms. The molecule has 0 unspecified atom stereocenters. The fourth-order valence-electron chi connectivity index (χ4n) is 3.57. The minimum atomic E-state index is -3.65. The Morgan fingerprint density at radius 3 is 2.16 bits per heavy atom. The van der Waals surface area contributed by atoms with Gasteiger partial charge in [-0.15, -0.1) is 0 Å². The fourth-order valence-corrected chi connectivity index (χ4v) is 4.73. The van der Waals surface area contributed by atoms with E-state index in [2.05, 4.69) is 0 Å². The number of hydrogen-bond donors (Lipinski definition) is 1. The average molecular weight is 446 g/mol. The Balaban J connectivity index is 1.63. The molecular weight excluding hydrogens is 418 g/mol. The molecule has 1 heterocycles. The number of ether oxygens (including phenoxy) is 1. The number of nitrogens with zero attached hydrogens (tertiary/aromatic N) is 2. The summed E-state index contributed by atoms with van der Waals surface area (Å²) in [5.74, 6) is -0.00540. The number of hydrogen-bond acceptors (Lipinski definition) is 5. The van der Waals surface area contributed by atoms with Crippen LogP contribution in [0.3, 0.4) is 0 Å². The number of sulfonamides is 1. The van der Waals surface area contributed by atoms with Crippen molar-refractivity contribution in [3.8, 4) is 5.75 Å². The number of amides is 2. The van der Waals surface area contributed by atoms with Gasteiger partial charge in [-0.1, -0.05) is 12.1 Å². The maximum atomic E-state index is 12.8. The van der Waals surface area contributed by atoms with Crippen LogP contribution in [0.25, 0.3) is 0 Å². The van der Waals surface area contributed by atoms with Gasteiger partial charge in [0.15, 0.2) is 0 Å². The molecule has 1 saturated heterocycles. The Morgan fingerprint density at radius 1 is 1.06 bits per heavy atom. The van der Waals surface area contributed by atoms with Gasteiger partial charge >= 0.3 is 0 Å². The summed E-state index contributed by atoms with van der Waals surface area (Å²) in [6, 6.07) is 13.1. The Hall–Kier alpha value is -2.91. The first-order valence-corrected chi connectivity index (χ1v) is 11.4. The predicted octanol–water partition coefficient (Wildman–Crippen LogP) is 1.85. The van der Waals surface area contributed by atoms with E-state index in [0.717, 1.165) is 5.56 Å². The van der Waals surface area contributed by atoms with Gasteiger partial charge in [-0.3, -0.25) is 9.59 Å². The molecule has 0 spiro atoms. The number of piperidine rings is 1. The van der Waals surface area contributed by atoms with Crippen LogP contribution in [0.2, 0.25) is 0 Å². The van der Waals surface area contributed by atoms with Gasteiger partial charge in [0.05, 0.1) is 12.0 Å². The van der Waals surface area contributed by atoms with Gasteiger partial charge in [0.1, 0.15) is 5.75 Å². The predicted molar refractivity (Wildman–Crippen MR) is 116 cm³/mol. The fraction of sp³-hybridized carbons (Fsp3) is 0.364. The van der Waals surface area contributed by atoms with E-state index < -0.39 is 10.0 Å². The number of carbonyl (C=O) groups excluding carboxylic acids is 2. The molecule has 0 atom stereocenters. The van der Waals surface area contributed by atoms with Crippen LogP contribution in [-0.4, -0.2) is 56.7 Å². The molecule has 0 aromatic heterocycles. The monoisotopic (exact) mass is 445 g/mol. The zero-order chi connectivity index (χ0) is 22.6. The molecule has 1 aliphatic heterocycles. The summed E-state index contributed by atoms with van der Waals surface area (Å²) in [5, 5.41) is 0. The van der Waals surface area contributed by atoms with E-state index >= 15 is 0 Å². The maximum absolute atomic E-state index is 12.8. The van der Waals surface area contributed by atoms with Crippen LogP contribution in [-0.2, 0) is 21.4 Å². The highest BCUT2D eigenvalue weighted by Gasteiger charge is 2.26. The van der Waals surface area contributed by atoms with Crippen molar-refractivity contribution in [3.05, 3.63) is 59.7 Å². The highest BCUT2D eigenvalue weighted by Crippen LogP contribution is 2.21. The third kappa shape index (κ3) is 5.23. The molecule has 3 rings (SSSR count). The van der Waals surface area contributed by atoms with E-state index in [1.54, 1.807) is 41.3 Å². The summed E-state index contributed by atoms with van der Waals surface area (Å²) in [6.45, 7) is 1.17. The van der Waals surface area contributed by atoms with E-state index in [1.165, 1.54) is 30.6 Å². The summed E-state index contributed by atoms with van der Waals surface area (Å²) < 4.78 is 31.9. The zero-order valence-electron chi connectivity index (χ0n) is 17.7. The zero-order valence-corrected chi connectivity index (χ0v) is 18.5. The molecule has 0 aliphatic carbocycles. The van der Waals surface area contributed by atoms with Crippen molar-refractivity contribution in [1.29, 1.82) is 0 Å². The molecule has 2 aromatic rings. The highest BCUT2D eigenvalue weighted by atomic mass is 32.2. The van der Waals surface area contributed by atoms with Gasteiger partial charge in [-0.25, -0.2) is 8.42 Å². The van der Waals surface area contributed by atoms with E-state index in [1.807, 2.05) is 0 Å². The highest BCUT2D eigenvalue weighted by molar-refractivity contribution is 7.89. The SMILES string of the molecule is COc1ccc(S(=O)(=O)N(C)Cc2ccc(C(=O)N3CCC(C(N)=O)CC3)cc2)cc1. The number of rotatable bonds is 7. The lowest BCUT2D eigenvalue weighted by Gasteiger charge is -2.30. The van der Waals surface area contributed by atoms with Crippen LogP contribution in [0, 0.1) is 5.92 Å². The molecule has 166 valence electrons. The number of nitrogens with two attached hydrogens (primary N) is 1. The van der Waals surface area contributed by atoms with Crippen LogP contribution >= 0.6 is 0 Å². The van der Waals surface area contributed by atoms with Gasteiger partial charge in [0, 0.05) is 38.2 Å². The maximum Gasteiger partial charge on any atom is 0.253 e. The van der Waals surface area contributed by atoms with Gasteiger partial charge in [0.25, 0.3) is 5.91 Å². The Labute approximate surface area is 182 Å². The Morgan fingerprint density at radius 2 is 1.65 bits per heavy atom. The molecule has 0 radical (unpaired) electrons. The number of primary amides is 1. The van der Waals surface area contributed by atoms with Crippen molar-refractivity contribution in [2.45, 2.75) is 24.3 Å². The Kier molecular flexibility index (Phi) is 6.97. The van der Waals surface area contributed by atoms with Crippen LogP contribution < -0.4 is 10.5 Å². The van der Waals surface area contributed by atoms with Crippen molar-refractivity contribution in [2.75, 3.05) is 27.2 Å². The minimum Gasteiger partial charge on any atom is -0.497 e. The quantitative estimate of drug-likeness (QED) is 0.699. The standard InChI is InChI=1S/C22H27N3O5S/c1-24(31(28,29)20-9-7-19(30-2)8-10-20)15-16-3-5-18(6-4-16)22(27)25-13-11-17(12-14-25)21(23)26/h3-10,17H,11-15H2,1-2H3,(H2,23,26). The van der Waals surface area contributed by atoms with Gasteiger partial charge in [-0.2, -0.15) is 4.31 Å². The summed E-state index contributed by atoms with van der Waals surface area (Å²) in [6.07, 6.45) is 1.15. The first-order chi connectivity index (χ1) is 14.7. The van der Waals surface area contributed by atoms with Gasteiger partial charge in [-0.05, 0) is 54.8 Å². The summed E-state index contributed by atoms with van der Waals surface area (Å²) in [4.78, 5) is 25.9. The molecule has 8 nitrogen and oxygen atoms in total. The summed E-state index contributed by atoms with van der Waals surface area (Å²) in [7, 11) is -0.617. The molecule has 0 saturated carbocycles. The number of carbonyl (C=O) groups is 2. The van der Waals surface area contributed by atoms with Crippen molar-refractivity contribution < 1.29 is 22.7 Å². The number of likely N-dealkylation sites (tertiary alicyclic amines) is 1. The van der Waals surface area contributed by atoms with E-state index in [0.29, 0.717) is 37.2 Å². The third-order valence-corrected chi connectivity index (χ3v) is 7.38. The van der Waals surface area contributed by atoms with Crippen LogP contribution in [0.1, 0.15) is 28.8 Å². The first-order valence-electron chi connectivity index (χ1n) is 10.0. The molecule has 2 amide bonds. The topological polar surface area (TPSA) is 110 Å². The second-order valence-electron chi connectivity index (χ2n) is 7.60. The number of methoxy groups -OCH3 is 1. The normalized spacial score (nSPS) is 15.1. The van der Waals surface area contributed by atoms with E-state index in [4.69, 9.17) is 10.5 Å². The molecule has 0 bridgehead atoms. The largest absolute Gasteiger partial charge is 0.497 e. The van der Waals surface area contributed by atoms with Crippen molar-refractivity contribution in [2.24, 2.45) is 11.7 Å². The van der Waals surface area contributed by atoms with E-state index in [-0.39, 0.29) is 29.2 Å². The second-order valence-corrected chi connectivity index (χ2v) is 9.65. The van der Waals surface area contributed by atoms with Crippen LogP contribution in [0.5, 0.6) is 5.75 Å².